The summed E-state index contributed by atoms with van der Waals surface area (Å²) in [6.07, 6.45) is 1.45. The van der Waals surface area contributed by atoms with Crippen molar-refractivity contribution in [3.8, 4) is 11.5 Å². The molecule has 1 amide bonds. The molecule has 0 bridgehead atoms. The number of amides is 1. The van der Waals surface area contributed by atoms with Gasteiger partial charge in [0.15, 0.2) is 0 Å². The zero-order valence-corrected chi connectivity index (χ0v) is 19.8. The molecule has 170 valence electrons. The number of methoxy groups -OCH3 is 1. The molecular formula is C23H32N2O5S. The number of benzene rings is 2. The van der Waals surface area contributed by atoms with E-state index in [1.165, 1.54) is 4.31 Å². The van der Waals surface area contributed by atoms with Gasteiger partial charge in [-0.25, -0.2) is 8.42 Å². The number of sulfonamides is 1. The molecule has 0 fully saturated rings. The number of hydrogen-bond acceptors (Lipinski definition) is 5. The van der Waals surface area contributed by atoms with E-state index < -0.39 is 16.1 Å². The number of nitrogens with one attached hydrogen (secondary N) is 1. The molecule has 0 saturated heterocycles. The average molecular weight is 449 g/mol. The number of carbonyl (C=O) groups excluding carboxylic acids is 1. The summed E-state index contributed by atoms with van der Waals surface area (Å²) in [4.78, 5) is 13.0. The first-order chi connectivity index (χ1) is 14.6. The summed E-state index contributed by atoms with van der Waals surface area (Å²) in [5, 5.41) is 2.88. The number of hydrogen-bond donors (Lipinski definition) is 1. The van der Waals surface area contributed by atoms with Gasteiger partial charge in [-0.1, -0.05) is 13.0 Å². The number of ether oxygens (including phenoxy) is 2. The molecular weight excluding hydrogens is 416 g/mol. The fraction of sp³-hybridized carbons (Fsp3) is 0.435. The molecule has 31 heavy (non-hydrogen) atoms. The average Bonchev–Trinajstić information content (AvgIpc) is 2.72. The molecule has 8 heteroatoms. The van der Waals surface area contributed by atoms with Gasteiger partial charge in [0.1, 0.15) is 24.1 Å². The number of carbonyl (C=O) groups is 1. The zero-order chi connectivity index (χ0) is 23.2. The minimum atomic E-state index is -3.67. The van der Waals surface area contributed by atoms with E-state index in [4.69, 9.17) is 9.47 Å². The Balaban J connectivity index is 2.12. The Morgan fingerprint density at radius 3 is 2.19 bits per heavy atom. The van der Waals surface area contributed by atoms with E-state index in [9.17, 15) is 13.2 Å². The van der Waals surface area contributed by atoms with Gasteiger partial charge >= 0.3 is 0 Å². The van der Waals surface area contributed by atoms with E-state index in [1.807, 2.05) is 26.8 Å². The highest BCUT2D eigenvalue weighted by molar-refractivity contribution is 7.92. The van der Waals surface area contributed by atoms with Crippen LogP contribution in [0.15, 0.2) is 42.5 Å². The maximum absolute atomic E-state index is 13.0. The van der Waals surface area contributed by atoms with Crippen LogP contribution in [0, 0.1) is 13.8 Å². The maximum Gasteiger partial charge on any atom is 0.244 e. The van der Waals surface area contributed by atoms with Crippen LogP contribution >= 0.6 is 0 Å². The first kappa shape index (κ1) is 24.5. The van der Waals surface area contributed by atoms with Gasteiger partial charge in [0.2, 0.25) is 15.9 Å². The van der Waals surface area contributed by atoms with Crippen LogP contribution in [0.5, 0.6) is 11.5 Å². The fourth-order valence-electron chi connectivity index (χ4n) is 3.20. The third kappa shape index (κ3) is 6.62. The topological polar surface area (TPSA) is 84.9 Å². The number of nitrogens with zero attached hydrogens (tertiary/aromatic N) is 1. The highest BCUT2D eigenvalue weighted by Crippen LogP contribution is 2.25. The van der Waals surface area contributed by atoms with Crippen LogP contribution in [0.3, 0.4) is 0 Å². The van der Waals surface area contributed by atoms with Crippen molar-refractivity contribution in [2.75, 3.05) is 24.3 Å². The highest BCUT2D eigenvalue weighted by atomic mass is 32.2. The summed E-state index contributed by atoms with van der Waals surface area (Å²) < 4.78 is 37.2. The lowest BCUT2D eigenvalue weighted by Crippen LogP contribution is -2.52. The first-order valence-electron chi connectivity index (χ1n) is 10.2. The van der Waals surface area contributed by atoms with Gasteiger partial charge < -0.3 is 14.8 Å². The second-order valence-corrected chi connectivity index (χ2v) is 9.51. The Labute approximate surface area is 185 Å². The predicted molar refractivity (Wildman–Crippen MR) is 123 cm³/mol. The molecule has 2 aromatic rings. The lowest BCUT2D eigenvalue weighted by molar-refractivity contribution is -0.123. The standard InChI is InChI=1S/C23H32N2O5S/c1-7-22(25(31(6,27)28)19-9-8-16(2)17(3)14-19)23(26)24-18(4)15-30-21-12-10-20(29-5)11-13-21/h8-14,18,22H,7,15H2,1-6H3,(H,24,26). The monoisotopic (exact) mass is 448 g/mol. The molecule has 2 atom stereocenters. The lowest BCUT2D eigenvalue weighted by Gasteiger charge is -2.31. The minimum Gasteiger partial charge on any atom is -0.497 e. The third-order valence-electron chi connectivity index (χ3n) is 5.02. The molecule has 1 N–H and O–H groups in total. The molecule has 0 spiro atoms. The summed E-state index contributed by atoms with van der Waals surface area (Å²) >= 11 is 0. The van der Waals surface area contributed by atoms with E-state index in [1.54, 1.807) is 50.4 Å². The van der Waals surface area contributed by atoms with Crippen LogP contribution in [0.1, 0.15) is 31.4 Å². The van der Waals surface area contributed by atoms with Gasteiger partial charge in [-0.15, -0.1) is 0 Å². The van der Waals surface area contributed by atoms with Crippen LogP contribution in [-0.2, 0) is 14.8 Å². The number of rotatable bonds is 10. The lowest BCUT2D eigenvalue weighted by atomic mass is 10.1. The molecule has 2 unspecified atom stereocenters. The summed E-state index contributed by atoms with van der Waals surface area (Å²) in [5.41, 5.74) is 2.50. The SMILES string of the molecule is CCC(C(=O)NC(C)COc1ccc(OC)cc1)N(c1ccc(C)c(C)c1)S(C)(=O)=O. The summed E-state index contributed by atoms with van der Waals surface area (Å²) in [6, 6.07) is 11.4. The Morgan fingerprint density at radius 1 is 1.06 bits per heavy atom. The van der Waals surface area contributed by atoms with Crippen molar-refractivity contribution in [2.24, 2.45) is 0 Å². The second-order valence-electron chi connectivity index (χ2n) is 7.65. The number of anilines is 1. The van der Waals surface area contributed by atoms with E-state index in [0.29, 0.717) is 17.9 Å². The molecule has 0 heterocycles. The maximum atomic E-state index is 13.0. The van der Waals surface area contributed by atoms with Crippen LogP contribution in [0.4, 0.5) is 5.69 Å². The van der Waals surface area contributed by atoms with Gasteiger partial charge in [0.25, 0.3) is 0 Å². The predicted octanol–water partition coefficient (Wildman–Crippen LogP) is 3.44. The van der Waals surface area contributed by atoms with Gasteiger partial charge in [-0.05, 0) is 74.7 Å². The van der Waals surface area contributed by atoms with Crippen LogP contribution in [-0.4, -0.2) is 46.4 Å². The molecule has 0 aliphatic heterocycles. The smallest absolute Gasteiger partial charge is 0.244 e. The van der Waals surface area contributed by atoms with Crippen molar-refractivity contribution >= 4 is 21.6 Å². The van der Waals surface area contributed by atoms with Crippen molar-refractivity contribution in [2.45, 2.75) is 46.2 Å². The van der Waals surface area contributed by atoms with E-state index in [-0.39, 0.29) is 18.6 Å². The normalized spacial score (nSPS) is 13.2. The van der Waals surface area contributed by atoms with Crippen LogP contribution in [0.25, 0.3) is 0 Å². The Bertz CT molecular complexity index is 990. The van der Waals surface area contributed by atoms with Crippen LogP contribution in [0.2, 0.25) is 0 Å². The fourth-order valence-corrected chi connectivity index (χ4v) is 4.40. The molecule has 2 rings (SSSR count). The second kappa shape index (κ2) is 10.5. The molecule has 0 aliphatic carbocycles. The minimum absolute atomic E-state index is 0.247. The number of aryl methyl sites for hydroxylation is 2. The zero-order valence-electron chi connectivity index (χ0n) is 19.0. The van der Waals surface area contributed by atoms with Gasteiger partial charge in [0.05, 0.1) is 25.1 Å². The Kier molecular flexibility index (Phi) is 8.33. The first-order valence-corrected chi connectivity index (χ1v) is 12.1. The van der Waals surface area contributed by atoms with E-state index in [0.717, 1.165) is 23.1 Å². The quantitative estimate of drug-likeness (QED) is 0.602. The molecule has 0 radical (unpaired) electrons. The van der Waals surface area contributed by atoms with Crippen molar-refractivity contribution < 1.29 is 22.7 Å². The Morgan fingerprint density at radius 2 is 1.68 bits per heavy atom. The summed E-state index contributed by atoms with van der Waals surface area (Å²) in [5.74, 6) is 1.02. The molecule has 7 nitrogen and oxygen atoms in total. The Hall–Kier alpha value is -2.74. The largest absolute Gasteiger partial charge is 0.497 e. The third-order valence-corrected chi connectivity index (χ3v) is 6.20. The van der Waals surface area contributed by atoms with Crippen molar-refractivity contribution in [1.82, 2.24) is 5.32 Å². The van der Waals surface area contributed by atoms with E-state index >= 15 is 0 Å². The van der Waals surface area contributed by atoms with Gasteiger partial charge in [-0.2, -0.15) is 0 Å². The molecule has 0 aliphatic rings. The molecule has 0 aromatic heterocycles. The van der Waals surface area contributed by atoms with Crippen LogP contribution < -0.4 is 19.1 Å². The van der Waals surface area contributed by atoms with Gasteiger partial charge in [-0.3, -0.25) is 9.10 Å². The summed E-state index contributed by atoms with van der Waals surface area (Å²) in [7, 11) is -2.08. The van der Waals surface area contributed by atoms with Crippen molar-refractivity contribution in [3.05, 3.63) is 53.6 Å². The summed E-state index contributed by atoms with van der Waals surface area (Å²) in [6.45, 7) is 7.73. The van der Waals surface area contributed by atoms with Gasteiger partial charge in [0, 0.05) is 0 Å². The molecule has 2 aromatic carbocycles. The van der Waals surface area contributed by atoms with Crippen molar-refractivity contribution in [3.63, 3.8) is 0 Å². The van der Waals surface area contributed by atoms with E-state index in [2.05, 4.69) is 5.32 Å². The van der Waals surface area contributed by atoms with Crippen molar-refractivity contribution in [1.29, 1.82) is 0 Å². The molecule has 0 saturated carbocycles. The highest BCUT2D eigenvalue weighted by Gasteiger charge is 2.32.